The number of fused-ring (bicyclic) bond motifs is 5. The van der Waals surface area contributed by atoms with Crippen LogP contribution < -0.4 is 0 Å². The van der Waals surface area contributed by atoms with Crippen LogP contribution in [0.15, 0.2) is 42.0 Å². The van der Waals surface area contributed by atoms with Gasteiger partial charge < -0.3 is 4.74 Å². The Labute approximate surface area is 230 Å². The van der Waals surface area contributed by atoms with Crippen LogP contribution in [0.5, 0.6) is 0 Å². The maximum absolute atomic E-state index is 12.7. The molecule has 4 aliphatic rings. The van der Waals surface area contributed by atoms with Crippen molar-refractivity contribution < 1.29 is 19.7 Å². The second-order valence-corrected chi connectivity index (χ2v) is 14.1. The van der Waals surface area contributed by atoms with Crippen molar-refractivity contribution in [3.05, 3.63) is 47.5 Å². The van der Waals surface area contributed by atoms with Crippen LogP contribution in [0.1, 0.15) is 109 Å². The van der Waals surface area contributed by atoms with E-state index in [-0.39, 0.29) is 23.6 Å². The lowest BCUT2D eigenvalue weighted by molar-refractivity contribution is -0.296. The predicted molar refractivity (Wildman–Crippen MR) is 152 cm³/mol. The average molecular weight is 523 g/mol. The van der Waals surface area contributed by atoms with E-state index in [1.807, 2.05) is 30.3 Å². The van der Waals surface area contributed by atoms with Crippen molar-refractivity contribution in [1.82, 2.24) is 0 Å². The van der Waals surface area contributed by atoms with E-state index in [4.69, 9.17) is 9.62 Å². The van der Waals surface area contributed by atoms with Gasteiger partial charge in [0.15, 0.2) is 0 Å². The second-order valence-electron chi connectivity index (χ2n) is 14.1. The van der Waals surface area contributed by atoms with Gasteiger partial charge in [-0.1, -0.05) is 83.7 Å². The highest BCUT2D eigenvalue weighted by molar-refractivity contribution is 5.89. The summed E-state index contributed by atoms with van der Waals surface area (Å²) in [6.07, 6.45) is 13.6. The fraction of sp³-hybridized carbons (Fsp3) is 0.735. The highest BCUT2D eigenvalue weighted by Gasteiger charge is 2.61. The lowest BCUT2D eigenvalue weighted by Gasteiger charge is -2.59. The van der Waals surface area contributed by atoms with Crippen LogP contribution in [0, 0.1) is 46.3 Å². The zero-order valence-electron chi connectivity index (χ0n) is 24.3. The summed E-state index contributed by atoms with van der Waals surface area (Å²) in [5.41, 5.74) is 2.36. The van der Waals surface area contributed by atoms with Crippen LogP contribution in [0.2, 0.25) is 0 Å². The van der Waals surface area contributed by atoms with Gasteiger partial charge in [0, 0.05) is 6.42 Å². The number of ether oxygens (including phenoxy) is 1. The molecule has 0 spiro atoms. The zero-order chi connectivity index (χ0) is 27.1. The molecule has 9 atom stereocenters. The van der Waals surface area contributed by atoms with Crippen molar-refractivity contribution in [2.75, 3.05) is 0 Å². The normalized spacial score (nSPS) is 39.1. The van der Waals surface area contributed by atoms with Crippen LogP contribution in [0.3, 0.4) is 0 Å². The van der Waals surface area contributed by atoms with E-state index in [0.717, 1.165) is 37.0 Å². The minimum atomic E-state index is -0.258. The van der Waals surface area contributed by atoms with Gasteiger partial charge in [-0.3, -0.25) is 5.26 Å². The van der Waals surface area contributed by atoms with Gasteiger partial charge in [-0.2, -0.15) is 0 Å². The molecule has 0 aliphatic heterocycles. The molecule has 5 rings (SSSR count). The molecule has 4 heteroatoms. The van der Waals surface area contributed by atoms with Gasteiger partial charge in [0.2, 0.25) is 0 Å². The molecule has 0 unspecified atom stereocenters. The first-order valence-corrected chi connectivity index (χ1v) is 15.4. The molecule has 1 aromatic rings. The molecule has 210 valence electrons. The molecular formula is C34H50O4. The molecule has 0 bridgehead atoms. The second kappa shape index (κ2) is 11.1. The number of benzene rings is 1. The first-order valence-electron chi connectivity index (χ1n) is 15.4. The summed E-state index contributed by atoms with van der Waals surface area (Å²) in [5, 5.41) is 10.2. The molecule has 1 N–H and O–H groups in total. The SMILES string of the molecule is CC(C)CCC[C@@H](C)[C@H]1CC[C@H]2[C@@H]3[C@H](OO)C=C4C[C@@H](OC(=O)c5ccccc5)CC[C@]4(C)[C@H]3CC[C@]12C. The summed E-state index contributed by atoms with van der Waals surface area (Å²) in [6, 6.07) is 9.29. The van der Waals surface area contributed by atoms with Crippen LogP contribution >= 0.6 is 0 Å². The lowest BCUT2D eigenvalue weighted by Crippen LogP contribution is -2.55. The number of carbonyl (C=O) groups is 1. The minimum Gasteiger partial charge on any atom is -0.458 e. The molecule has 0 radical (unpaired) electrons. The van der Waals surface area contributed by atoms with E-state index in [0.29, 0.717) is 28.7 Å². The fourth-order valence-corrected chi connectivity index (χ4v) is 9.61. The quantitative estimate of drug-likeness (QED) is 0.160. The molecular weight excluding hydrogens is 472 g/mol. The van der Waals surface area contributed by atoms with Gasteiger partial charge >= 0.3 is 5.97 Å². The van der Waals surface area contributed by atoms with Crippen LogP contribution in [0.4, 0.5) is 0 Å². The highest BCUT2D eigenvalue weighted by Crippen LogP contribution is 2.67. The average Bonchev–Trinajstić information content (AvgIpc) is 3.26. The summed E-state index contributed by atoms with van der Waals surface area (Å²) < 4.78 is 5.97. The van der Waals surface area contributed by atoms with E-state index in [1.165, 1.54) is 50.5 Å². The third kappa shape index (κ3) is 5.01. The molecule has 4 nitrogen and oxygen atoms in total. The first-order chi connectivity index (χ1) is 18.2. The van der Waals surface area contributed by atoms with Gasteiger partial charge in [0.25, 0.3) is 0 Å². The van der Waals surface area contributed by atoms with Gasteiger partial charge in [-0.05, 0) is 97.0 Å². The summed E-state index contributed by atoms with van der Waals surface area (Å²) in [4.78, 5) is 18.0. The smallest absolute Gasteiger partial charge is 0.338 e. The molecule has 4 aliphatic carbocycles. The third-order valence-electron chi connectivity index (χ3n) is 11.7. The summed E-state index contributed by atoms with van der Waals surface area (Å²) in [7, 11) is 0. The maximum Gasteiger partial charge on any atom is 0.338 e. The highest BCUT2D eigenvalue weighted by atomic mass is 17.1. The first kappa shape index (κ1) is 27.9. The number of hydrogen-bond acceptors (Lipinski definition) is 4. The van der Waals surface area contributed by atoms with Gasteiger partial charge in [0.1, 0.15) is 12.2 Å². The molecule has 0 amide bonds. The number of rotatable bonds is 8. The third-order valence-corrected chi connectivity index (χ3v) is 11.7. The fourth-order valence-electron chi connectivity index (χ4n) is 9.61. The van der Waals surface area contributed by atoms with Crippen molar-refractivity contribution in [1.29, 1.82) is 0 Å². The van der Waals surface area contributed by atoms with E-state index in [9.17, 15) is 10.1 Å². The van der Waals surface area contributed by atoms with E-state index >= 15 is 0 Å². The minimum absolute atomic E-state index is 0.0949. The van der Waals surface area contributed by atoms with Crippen LogP contribution in [-0.2, 0) is 9.62 Å². The summed E-state index contributed by atoms with van der Waals surface area (Å²) in [5.74, 6) is 3.55. The number of carbonyl (C=O) groups excluding carboxylic acids is 1. The van der Waals surface area contributed by atoms with E-state index in [2.05, 4.69) is 40.7 Å². The Balaban J connectivity index is 1.32. The van der Waals surface area contributed by atoms with Crippen LogP contribution in [-0.4, -0.2) is 23.4 Å². The monoisotopic (exact) mass is 522 g/mol. The van der Waals surface area contributed by atoms with Crippen LogP contribution in [0.25, 0.3) is 0 Å². The summed E-state index contributed by atoms with van der Waals surface area (Å²) in [6.45, 7) is 12.2. The standard InChI is InChI=1S/C34H50O4/c1-22(2)10-9-11-23(3)27-14-15-28-31-29(17-19-34(27,28)5)33(4)18-16-26(20-25(33)21-30(31)38-36)37-32(35)24-12-7-6-8-13-24/h6-8,12-13,21-23,26-31,36H,9-11,14-20H2,1-5H3/t23-,26+,27-,28+,29+,30-,31+,33+,34-/m1/s1. The number of esters is 1. The Morgan fingerprint density at radius 3 is 2.47 bits per heavy atom. The lowest BCUT2D eigenvalue weighted by atomic mass is 9.46. The topological polar surface area (TPSA) is 55.8 Å². The Hall–Kier alpha value is -1.65. The van der Waals surface area contributed by atoms with E-state index < -0.39 is 0 Å². The molecule has 0 aromatic heterocycles. The Morgan fingerprint density at radius 2 is 1.76 bits per heavy atom. The van der Waals surface area contributed by atoms with Gasteiger partial charge in [-0.25, -0.2) is 9.68 Å². The summed E-state index contributed by atoms with van der Waals surface area (Å²) >= 11 is 0. The van der Waals surface area contributed by atoms with Crippen molar-refractivity contribution >= 4 is 5.97 Å². The molecule has 1 aromatic carbocycles. The zero-order valence-corrected chi connectivity index (χ0v) is 24.3. The maximum atomic E-state index is 12.7. The Morgan fingerprint density at radius 1 is 1.00 bits per heavy atom. The largest absolute Gasteiger partial charge is 0.458 e. The Bertz CT molecular complexity index is 1000. The van der Waals surface area contributed by atoms with E-state index in [1.54, 1.807) is 0 Å². The van der Waals surface area contributed by atoms with Crippen molar-refractivity contribution in [3.63, 3.8) is 0 Å². The molecule has 0 saturated heterocycles. The molecule has 0 heterocycles. The molecule has 3 saturated carbocycles. The predicted octanol–water partition coefficient (Wildman–Crippen LogP) is 8.72. The van der Waals surface area contributed by atoms with Crippen molar-refractivity contribution in [3.8, 4) is 0 Å². The van der Waals surface area contributed by atoms with Crippen molar-refractivity contribution in [2.24, 2.45) is 46.3 Å². The molecule has 38 heavy (non-hydrogen) atoms. The Kier molecular flexibility index (Phi) is 8.14. The van der Waals surface area contributed by atoms with Gasteiger partial charge in [0.05, 0.1) is 5.56 Å². The van der Waals surface area contributed by atoms with Crippen molar-refractivity contribution in [2.45, 2.75) is 111 Å². The number of hydrogen-bond donors (Lipinski definition) is 1. The molecule has 3 fully saturated rings. The van der Waals surface area contributed by atoms with Gasteiger partial charge in [-0.15, -0.1) is 0 Å².